The third-order valence-electron chi connectivity index (χ3n) is 2.14. The Morgan fingerprint density at radius 3 is 2.93 bits per heavy atom. The van der Waals surface area contributed by atoms with E-state index in [4.69, 9.17) is 11.0 Å². The van der Waals surface area contributed by atoms with Gasteiger partial charge in [0.25, 0.3) is 0 Å². The normalized spacial score (nSPS) is 10.3. The predicted molar refractivity (Wildman–Crippen MR) is 63.6 cm³/mol. The van der Waals surface area contributed by atoms with E-state index in [0.717, 1.165) is 32.2 Å². The molecule has 2 N–H and O–H groups in total. The van der Waals surface area contributed by atoms with E-state index in [0.29, 0.717) is 0 Å². The van der Waals surface area contributed by atoms with Gasteiger partial charge >= 0.3 is 0 Å². The lowest BCUT2D eigenvalue weighted by atomic mass is 10.1. The first kappa shape index (κ1) is 9.50. The average Bonchev–Trinajstić information content (AvgIpc) is 2.60. The van der Waals surface area contributed by atoms with E-state index in [2.05, 4.69) is 22.0 Å². The lowest BCUT2D eigenvalue weighted by Gasteiger charge is -2.02. The van der Waals surface area contributed by atoms with Crippen LogP contribution in [0, 0.1) is 11.3 Å². The Morgan fingerprint density at radius 2 is 2.29 bits per heavy atom. The second-order valence-electron chi connectivity index (χ2n) is 2.90. The minimum atomic E-state index is 0.724. The molecule has 14 heavy (non-hydrogen) atoms. The maximum absolute atomic E-state index is 8.87. The molecule has 0 aliphatic carbocycles. The molecule has 1 heterocycles. The van der Waals surface area contributed by atoms with Crippen LogP contribution in [0.2, 0.25) is 0 Å². The van der Waals surface area contributed by atoms with Gasteiger partial charge in [0.1, 0.15) is 6.07 Å². The first-order chi connectivity index (χ1) is 6.77. The zero-order chi connectivity index (χ0) is 10.1. The summed E-state index contributed by atoms with van der Waals surface area (Å²) in [6, 6.07) is 5.94. The molecular formula is C10H7BrN2S. The van der Waals surface area contributed by atoms with Crippen molar-refractivity contribution in [1.82, 2.24) is 0 Å². The van der Waals surface area contributed by atoms with Gasteiger partial charge in [0.2, 0.25) is 0 Å². The van der Waals surface area contributed by atoms with Crippen molar-refractivity contribution in [3.63, 3.8) is 0 Å². The number of nitrogens with zero attached hydrogens (tertiary/aromatic N) is 1. The fraction of sp³-hybridized carbons (Fsp3) is 0.100. The van der Waals surface area contributed by atoms with Crippen LogP contribution in [-0.2, 0) is 5.33 Å². The van der Waals surface area contributed by atoms with Crippen LogP contribution >= 0.6 is 27.3 Å². The molecule has 0 amide bonds. The van der Waals surface area contributed by atoms with Gasteiger partial charge < -0.3 is 5.73 Å². The van der Waals surface area contributed by atoms with Gasteiger partial charge in [-0.2, -0.15) is 5.26 Å². The Bertz CT molecular complexity index is 525. The van der Waals surface area contributed by atoms with Gasteiger partial charge in [-0.05, 0) is 6.07 Å². The Balaban J connectivity index is 2.85. The van der Waals surface area contributed by atoms with Crippen molar-refractivity contribution >= 4 is 43.0 Å². The number of hydrogen-bond donors (Lipinski definition) is 1. The smallest absolute Gasteiger partial charge is 0.101 e. The second kappa shape index (κ2) is 3.60. The molecule has 2 aromatic rings. The number of nitrogen functional groups attached to an aromatic ring is 1. The van der Waals surface area contributed by atoms with Gasteiger partial charge in [0, 0.05) is 32.0 Å². The number of anilines is 1. The third kappa shape index (κ3) is 1.29. The Kier molecular flexibility index (Phi) is 2.44. The Hall–Kier alpha value is -1.05. The summed E-state index contributed by atoms with van der Waals surface area (Å²) in [5, 5.41) is 12.5. The molecule has 0 saturated heterocycles. The molecule has 0 saturated carbocycles. The van der Waals surface area contributed by atoms with Gasteiger partial charge in [-0.3, -0.25) is 0 Å². The van der Waals surface area contributed by atoms with Crippen LogP contribution in [0.4, 0.5) is 5.69 Å². The number of rotatable bonds is 1. The summed E-state index contributed by atoms with van der Waals surface area (Å²) in [5.41, 5.74) is 8.43. The Morgan fingerprint density at radius 1 is 1.50 bits per heavy atom. The molecule has 2 rings (SSSR count). The van der Waals surface area contributed by atoms with Crippen molar-refractivity contribution in [2.75, 3.05) is 5.73 Å². The lowest BCUT2D eigenvalue weighted by Crippen LogP contribution is -1.91. The van der Waals surface area contributed by atoms with Crippen LogP contribution in [0.1, 0.15) is 11.1 Å². The lowest BCUT2D eigenvalue weighted by molar-refractivity contribution is 1.50. The molecule has 1 aromatic heterocycles. The molecule has 2 nitrogen and oxygen atoms in total. The summed E-state index contributed by atoms with van der Waals surface area (Å²) in [4.78, 5) is 0. The van der Waals surface area contributed by atoms with E-state index < -0.39 is 0 Å². The zero-order valence-corrected chi connectivity index (χ0v) is 9.65. The zero-order valence-electron chi connectivity index (χ0n) is 7.25. The van der Waals surface area contributed by atoms with Gasteiger partial charge in [-0.25, -0.2) is 0 Å². The van der Waals surface area contributed by atoms with E-state index in [1.165, 1.54) is 0 Å². The van der Waals surface area contributed by atoms with E-state index in [9.17, 15) is 0 Å². The van der Waals surface area contributed by atoms with Crippen molar-refractivity contribution < 1.29 is 0 Å². The highest BCUT2D eigenvalue weighted by molar-refractivity contribution is 9.08. The summed E-state index contributed by atoms with van der Waals surface area (Å²) < 4.78 is 1.11. The van der Waals surface area contributed by atoms with Gasteiger partial charge in [0.05, 0.1) is 5.56 Å². The molecule has 0 aliphatic heterocycles. The van der Waals surface area contributed by atoms with Crippen LogP contribution in [-0.4, -0.2) is 0 Å². The molecular weight excluding hydrogens is 260 g/mol. The van der Waals surface area contributed by atoms with E-state index in [1.807, 2.05) is 17.5 Å². The summed E-state index contributed by atoms with van der Waals surface area (Å²) in [7, 11) is 0. The average molecular weight is 267 g/mol. The van der Waals surface area contributed by atoms with Crippen molar-refractivity contribution in [3.05, 3.63) is 28.6 Å². The topological polar surface area (TPSA) is 49.8 Å². The van der Waals surface area contributed by atoms with Gasteiger partial charge in [-0.1, -0.05) is 22.0 Å². The van der Waals surface area contributed by atoms with Crippen LogP contribution in [0.3, 0.4) is 0 Å². The maximum Gasteiger partial charge on any atom is 0.101 e. The highest BCUT2D eigenvalue weighted by Gasteiger charge is 2.09. The van der Waals surface area contributed by atoms with Crippen molar-refractivity contribution in [3.8, 4) is 6.07 Å². The standard InChI is InChI=1S/C10H7BrN2S/c11-3-8-9(13)2-1-7-6(4-12)5-14-10(7)8/h1-2,5H,3,13H2. The number of nitrogens with two attached hydrogens (primary N) is 1. The minimum absolute atomic E-state index is 0.724. The maximum atomic E-state index is 8.87. The van der Waals surface area contributed by atoms with Crippen LogP contribution in [0.25, 0.3) is 10.1 Å². The number of halogens is 1. The van der Waals surface area contributed by atoms with Crippen molar-refractivity contribution in [1.29, 1.82) is 5.26 Å². The fourth-order valence-electron chi connectivity index (χ4n) is 1.40. The third-order valence-corrected chi connectivity index (χ3v) is 3.75. The van der Waals surface area contributed by atoms with E-state index >= 15 is 0 Å². The van der Waals surface area contributed by atoms with Crippen molar-refractivity contribution in [2.24, 2.45) is 0 Å². The monoisotopic (exact) mass is 266 g/mol. The number of fused-ring (bicyclic) bond motifs is 1. The molecule has 0 spiro atoms. The van der Waals surface area contributed by atoms with E-state index in [1.54, 1.807) is 11.3 Å². The molecule has 0 radical (unpaired) electrons. The SMILES string of the molecule is N#Cc1csc2c(CBr)c(N)ccc12. The quantitative estimate of drug-likeness (QED) is 0.637. The molecule has 0 bridgehead atoms. The summed E-state index contributed by atoms with van der Waals surface area (Å²) >= 11 is 4.98. The molecule has 4 heteroatoms. The number of benzene rings is 1. The summed E-state index contributed by atoms with van der Waals surface area (Å²) in [5.74, 6) is 0. The van der Waals surface area contributed by atoms with E-state index in [-0.39, 0.29) is 0 Å². The number of alkyl halides is 1. The molecule has 0 aliphatic rings. The van der Waals surface area contributed by atoms with Crippen LogP contribution in [0.15, 0.2) is 17.5 Å². The second-order valence-corrected chi connectivity index (χ2v) is 4.35. The van der Waals surface area contributed by atoms with Crippen molar-refractivity contribution in [2.45, 2.75) is 5.33 Å². The van der Waals surface area contributed by atoms with Gasteiger partial charge in [-0.15, -0.1) is 11.3 Å². The largest absolute Gasteiger partial charge is 0.398 e. The molecule has 1 aromatic carbocycles. The predicted octanol–water partition coefficient (Wildman–Crippen LogP) is 3.25. The highest BCUT2D eigenvalue weighted by Crippen LogP contribution is 2.33. The minimum Gasteiger partial charge on any atom is -0.398 e. The van der Waals surface area contributed by atoms with Crippen LogP contribution in [0.5, 0.6) is 0 Å². The first-order valence-corrected chi connectivity index (χ1v) is 6.02. The Labute approximate surface area is 94.1 Å². The molecule has 0 unspecified atom stereocenters. The van der Waals surface area contributed by atoms with Crippen LogP contribution < -0.4 is 5.73 Å². The number of thiophene rings is 1. The van der Waals surface area contributed by atoms with Gasteiger partial charge in [0.15, 0.2) is 0 Å². The fourth-order valence-corrected chi connectivity index (χ4v) is 3.24. The summed E-state index contributed by atoms with van der Waals surface area (Å²) in [6.07, 6.45) is 0. The number of nitriles is 1. The molecule has 0 fully saturated rings. The molecule has 70 valence electrons. The highest BCUT2D eigenvalue weighted by atomic mass is 79.9. The summed E-state index contributed by atoms with van der Waals surface area (Å²) in [6.45, 7) is 0. The number of hydrogen-bond acceptors (Lipinski definition) is 3. The first-order valence-electron chi connectivity index (χ1n) is 4.02. The molecule has 0 atom stereocenters.